The lowest BCUT2D eigenvalue weighted by Crippen LogP contribution is -2.28. The van der Waals surface area contributed by atoms with Crippen LogP contribution in [0.25, 0.3) is 0 Å². The van der Waals surface area contributed by atoms with Crippen LogP contribution >= 0.6 is 11.6 Å². The third-order valence-electron chi connectivity index (χ3n) is 3.54. The lowest BCUT2D eigenvalue weighted by atomic mass is 10.1. The van der Waals surface area contributed by atoms with Gasteiger partial charge >= 0.3 is 0 Å². The van der Waals surface area contributed by atoms with Gasteiger partial charge in [-0.05, 0) is 44.2 Å². The van der Waals surface area contributed by atoms with E-state index in [4.69, 9.17) is 11.6 Å². The van der Waals surface area contributed by atoms with E-state index in [-0.39, 0.29) is 11.6 Å². The molecule has 88 valence electrons. The molecule has 1 aromatic heterocycles. The molecule has 1 aliphatic rings. The van der Waals surface area contributed by atoms with E-state index in [0.29, 0.717) is 5.88 Å². The molecule has 3 heteroatoms. The largest absolute Gasteiger partial charge is 0.309 e. The zero-order valence-corrected chi connectivity index (χ0v) is 10.7. The molecule has 1 unspecified atom stereocenters. The fourth-order valence-electron chi connectivity index (χ4n) is 2.48. The van der Waals surface area contributed by atoms with Gasteiger partial charge in [-0.3, -0.25) is 4.79 Å². The molecule has 1 aliphatic carbocycles. The van der Waals surface area contributed by atoms with Crippen LogP contribution in [0.3, 0.4) is 0 Å². The fourth-order valence-corrected chi connectivity index (χ4v) is 2.67. The van der Waals surface area contributed by atoms with Gasteiger partial charge in [0.25, 0.3) is 5.56 Å². The predicted molar refractivity (Wildman–Crippen MR) is 67.3 cm³/mol. The Bertz CT molecular complexity index is 450. The van der Waals surface area contributed by atoms with E-state index in [1.54, 1.807) is 0 Å². The Labute approximate surface area is 101 Å². The Morgan fingerprint density at radius 1 is 1.50 bits per heavy atom. The van der Waals surface area contributed by atoms with Crippen LogP contribution in [0.2, 0.25) is 0 Å². The molecule has 0 aromatic carbocycles. The van der Waals surface area contributed by atoms with Gasteiger partial charge in [0, 0.05) is 17.3 Å². The third-order valence-corrected chi connectivity index (χ3v) is 3.83. The topological polar surface area (TPSA) is 22.0 Å². The normalized spacial score (nSPS) is 16.2. The number of rotatable bonds is 3. The monoisotopic (exact) mass is 239 g/mol. The predicted octanol–water partition coefficient (Wildman–Crippen LogP) is 3.05. The van der Waals surface area contributed by atoms with Crippen molar-refractivity contribution in [2.24, 2.45) is 0 Å². The highest BCUT2D eigenvalue weighted by atomic mass is 35.5. The van der Waals surface area contributed by atoms with Crippen molar-refractivity contribution in [2.45, 2.75) is 51.5 Å². The van der Waals surface area contributed by atoms with Gasteiger partial charge in [-0.15, -0.1) is 11.6 Å². The molecule has 0 saturated heterocycles. The number of nitrogens with zero attached hydrogens (tertiary/aromatic N) is 1. The molecule has 0 N–H and O–H groups in total. The molecule has 2 nitrogen and oxygen atoms in total. The Balaban J connectivity index is 2.64. The highest BCUT2D eigenvalue weighted by Gasteiger charge is 2.20. The number of pyridine rings is 1. The van der Waals surface area contributed by atoms with Crippen LogP contribution in [0.1, 0.15) is 49.6 Å². The molecule has 0 bridgehead atoms. The zero-order chi connectivity index (χ0) is 11.7. The van der Waals surface area contributed by atoms with E-state index in [0.717, 1.165) is 31.2 Å². The van der Waals surface area contributed by atoms with Crippen molar-refractivity contribution >= 4 is 11.6 Å². The molecule has 1 aromatic rings. The minimum atomic E-state index is 0.116. The van der Waals surface area contributed by atoms with E-state index < -0.39 is 0 Å². The van der Waals surface area contributed by atoms with Crippen LogP contribution < -0.4 is 5.56 Å². The second-order valence-electron chi connectivity index (χ2n) is 4.56. The van der Waals surface area contributed by atoms with Crippen molar-refractivity contribution < 1.29 is 0 Å². The number of aromatic nitrogens is 1. The van der Waals surface area contributed by atoms with Crippen molar-refractivity contribution in [1.82, 2.24) is 4.57 Å². The summed E-state index contributed by atoms with van der Waals surface area (Å²) in [5, 5.41) is 0. The molecule has 0 fully saturated rings. The van der Waals surface area contributed by atoms with Crippen molar-refractivity contribution in [3.63, 3.8) is 0 Å². The van der Waals surface area contributed by atoms with Gasteiger partial charge in [-0.1, -0.05) is 6.92 Å². The summed E-state index contributed by atoms with van der Waals surface area (Å²) in [6.07, 6.45) is 4.28. The molecule has 1 heterocycles. The summed E-state index contributed by atoms with van der Waals surface area (Å²) < 4.78 is 1.97. The van der Waals surface area contributed by atoms with Gasteiger partial charge < -0.3 is 4.57 Å². The maximum atomic E-state index is 12.2. The first kappa shape index (κ1) is 11.7. The number of halogens is 1. The minimum Gasteiger partial charge on any atom is -0.309 e. The Morgan fingerprint density at radius 2 is 2.25 bits per heavy atom. The Hall–Kier alpha value is -0.760. The summed E-state index contributed by atoms with van der Waals surface area (Å²) in [4.78, 5) is 12.2. The fraction of sp³-hybridized carbons (Fsp3) is 0.615. The standard InChI is InChI=1S/C13H18ClNO/c1-3-9(2)15-12-6-4-5-10(12)7-11(8-14)13(15)16/h7,9H,3-6,8H2,1-2H3. The lowest BCUT2D eigenvalue weighted by Gasteiger charge is -2.19. The Morgan fingerprint density at radius 3 is 2.88 bits per heavy atom. The van der Waals surface area contributed by atoms with Gasteiger partial charge in [0.2, 0.25) is 0 Å². The average Bonchev–Trinajstić information content (AvgIpc) is 2.74. The van der Waals surface area contributed by atoms with Crippen LogP contribution in [0.15, 0.2) is 10.9 Å². The summed E-state index contributed by atoms with van der Waals surface area (Å²) in [5.41, 5.74) is 3.44. The molecule has 16 heavy (non-hydrogen) atoms. The molecule has 0 radical (unpaired) electrons. The van der Waals surface area contributed by atoms with Crippen molar-refractivity contribution in [1.29, 1.82) is 0 Å². The lowest BCUT2D eigenvalue weighted by molar-refractivity contribution is 0.494. The maximum absolute atomic E-state index is 12.2. The van der Waals surface area contributed by atoms with Gasteiger partial charge in [0.15, 0.2) is 0 Å². The minimum absolute atomic E-state index is 0.116. The van der Waals surface area contributed by atoms with Crippen LogP contribution in [-0.2, 0) is 18.7 Å². The maximum Gasteiger partial charge on any atom is 0.255 e. The average molecular weight is 240 g/mol. The number of fused-ring (bicyclic) bond motifs is 1. The SMILES string of the molecule is CCC(C)n1c2c(cc(CCl)c1=O)CCC2. The number of hydrogen-bond donors (Lipinski definition) is 0. The van der Waals surface area contributed by atoms with E-state index in [1.807, 2.05) is 10.6 Å². The Kier molecular flexibility index (Phi) is 3.38. The molecule has 2 rings (SSSR count). The molecule has 0 spiro atoms. The third kappa shape index (κ3) is 1.80. The first-order chi connectivity index (χ1) is 7.69. The summed E-state index contributed by atoms with van der Waals surface area (Å²) in [6.45, 7) is 4.23. The van der Waals surface area contributed by atoms with Crippen molar-refractivity contribution in [2.75, 3.05) is 0 Å². The molecule has 0 saturated carbocycles. The second-order valence-corrected chi connectivity index (χ2v) is 4.83. The molecule has 0 amide bonds. The number of hydrogen-bond acceptors (Lipinski definition) is 1. The summed E-state index contributed by atoms with van der Waals surface area (Å²) in [6, 6.07) is 2.29. The molecule has 1 atom stereocenters. The first-order valence-electron chi connectivity index (χ1n) is 6.01. The van der Waals surface area contributed by atoms with Crippen LogP contribution in [0, 0.1) is 0 Å². The summed E-state index contributed by atoms with van der Waals surface area (Å²) in [7, 11) is 0. The smallest absolute Gasteiger partial charge is 0.255 e. The van der Waals surface area contributed by atoms with E-state index >= 15 is 0 Å². The highest BCUT2D eigenvalue weighted by molar-refractivity contribution is 6.17. The van der Waals surface area contributed by atoms with Crippen LogP contribution in [-0.4, -0.2) is 4.57 Å². The highest BCUT2D eigenvalue weighted by Crippen LogP contribution is 2.25. The first-order valence-corrected chi connectivity index (χ1v) is 6.54. The zero-order valence-electron chi connectivity index (χ0n) is 9.92. The van der Waals surface area contributed by atoms with Gasteiger partial charge in [0.05, 0.1) is 5.88 Å². The van der Waals surface area contributed by atoms with E-state index in [1.165, 1.54) is 11.3 Å². The summed E-state index contributed by atoms with van der Waals surface area (Å²) >= 11 is 5.84. The second kappa shape index (κ2) is 4.62. The van der Waals surface area contributed by atoms with Gasteiger partial charge in [-0.2, -0.15) is 0 Å². The van der Waals surface area contributed by atoms with Gasteiger partial charge in [-0.25, -0.2) is 0 Å². The molecular weight excluding hydrogens is 222 g/mol. The van der Waals surface area contributed by atoms with Crippen LogP contribution in [0.4, 0.5) is 0 Å². The summed E-state index contributed by atoms with van der Waals surface area (Å²) in [5.74, 6) is 0.322. The van der Waals surface area contributed by atoms with Crippen molar-refractivity contribution in [3.05, 3.63) is 33.2 Å². The van der Waals surface area contributed by atoms with Crippen molar-refractivity contribution in [3.8, 4) is 0 Å². The quantitative estimate of drug-likeness (QED) is 0.744. The van der Waals surface area contributed by atoms with Gasteiger partial charge in [0.1, 0.15) is 0 Å². The molecular formula is C13H18ClNO. The van der Waals surface area contributed by atoms with E-state index in [2.05, 4.69) is 13.8 Å². The number of alkyl halides is 1. The molecule has 0 aliphatic heterocycles. The van der Waals surface area contributed by atoms with E-state index in [9.17, 15) is 4.79 Å². The number of aryl methyl sites for hydroxylation is 1. The van der Waals surface area contributed by atoms with Crippen LogP contribution in [0.5, 0.6) is 0 Å².